The van der Waals surface area contributed by atoms with Crippen molar-refractivity contribution in [3.8, 4) is 0 Å². The Morgan fingerprint density at radius 1 is 1.20 bits per heavy atom. The van der Waals surface area contributed by atoms with Crippen LogP contribution in [0.3, 0.4) is 0 Å². The summed E-state index contributed by atoms with van der Waals surface area (Å²) < 4.78 is 13.6. The molecule has 0 bridgehead atoms. The molecule has 1 aliphatic carbocycles. The summed E-state index contributed by atoms with van der Waals surface area (Å²) in [5.41, 5.74) is 2.35. The van der Waals surface area contributed by atoms with Crippen LogP contribution in [0.4, 0.5) is 10.1 Å². The van der Waals surface area contributed by atoms with E-state index < -0.39 is 0 Å². The molecule has 3 rings (SSSR count). The number of hydrogen-bond acceptors (Lipinski definition) is 2. The Hall–Kier alpha value is -1.09. The minimum atomic E-state index is -0.121. The standard InChI is InChI=1S/C17H25FN2/c1-13-3-2-9-20(10-8-13)17-7-4-15(18)11-14(17)12-19-16-5-6-16/h4,7,11,13,16,19H,2-3,5-6,8-10,12H2,1H3. The largest absolute Gasteiger partial charge is 0.371 e. The fourth-order valence-electron chi connectivity index (χ4n) is 3.05. The molecule has 0 amide bonds. The van der Waals surface area contributed by atoms with Gasteiger partial charge in [-0.05, 0) is 61.8 Å². The SMILES string of the molecule is CC1CCCN(c2ccc(F)cc2CNC2CC2)CC1. The summed E-state index contributed by atoms with van der Waals surface area (Å²) in [6.07, 6.45) is 6.34. The molecule has 0 spiro atoms. The molecule has 1 aromatic rings. The van der Waals surface area contributed by atoms with Crippen LogP contribution in [-0.2, 0) is 6.54 Å². The first-order chi connectivity index (χ1) is 9.72. The van der Waals surface area contributed by atoms with Gasteiger partial charge in [-0.25, -0.2) is 4.39 Å². The van der Waals surface area contributed by atoms with Gasteiger partial charge in [0, 0.05) is 31.4 Å². The van der Waals surface area contributed by atoms with Crippen LogP contribution in [0, 0.1) is 11.7 Å². The average molecular weight is 276 g/mol. The van der Waals surface area contributed by atoms with Gasteiger partial charge in [0.05, 0.1) is 0 Å². The van der Waals surface area contributed by atoms with E-state index in [2.05, 4.69) is 17.1 Å². The fourth-order valence-corrected chi connectivity index (χ4v) is 3.05. The summed E-state index contributed by atoms with van der Waals surface area (Å²) in [6.45, 7) is 5.34. The third-order valence-electron chi connectivity index (χ3n) is 4.56. The Kier molecular flexibility index (Phi) is 4.25. The van der Waals surface area contributed by atoms with E-state index in [0.717, 1.165) is 31.1 Å². The molecule has 3 heteroatoms. The van der Waals surface area contributed by atoms with Crippen molar-refractivity contribution in [2.75, 3.05) is 18.0 Å². The zero-order chi connectivity index (χ0) is 13.9. The van der Waals surface area contributed by atoms with Gasteiger partial charge in [-0.1, -0.05) is 6.92 Å². The molecule has 0 aromatic heterocycles. The molecule has 2 aliphatic rings. The van der Waals surface area contributed by atoms with Gasteiger partial charge >= 0.3 is 0 Å². The Morgan fingerprint density at radius 3 is 2.85 bits per heavy atom. The van der Waals surface area contributed by atoms with Crippen LogP contribution >= 0.6 is 0 Å². The van der Waals surface area contributed by atoms with E-state index in [-0.39, 0.29) is 5.82 Å². The first kappa shape index (κ1) is 13.9. The fraction of sp³-hybridized carbons (Fsp3) is 0.647. The number of nitrogens with zero attached hydrogens (tertiary/aromatic N) is 1. The van der Waals surface area contributed by atoms with Crippen molar-refractivity contribution in [1.82, 2.24) is 5.32 Å². The summed E-state index contributed by atoms with van der Waals surface area (Å²) in [6, 6.07) is 5.94. The van der Waals surface area contributed by atoms with E-state index in [9.17, 15) is 4.39 Å². The molecule has 110 valence electrons. The maximum absolute atomic E-state index is 13.6. The van der Waals surface area contributed by atoms with Crippen molar-refractivity contribution in [2.24, 2.45) is 5.92 Å². The zero-order valence-electron chi connectivity index (χ0n) is 12.4. The third kappa shape index (κ3) is 3.51. The van der Waals surface area contributed by atoms with Gasteiger partial charge in [-0.2, -0.15) is 0 Å². The van der Waals surface area contributed by atoms with E-state index in [1.54, 1.807) is 12.1 Å². The third-order valence-corrected chi connectivity index (χ3v) is 4.56. The molecular weight excluding hydrogens is 251 g/mol. The molecule has 2 fully saturated rings. The van der Waals surface area contributed by atoms with Crippen molar-refractivity contribution in [2.45, 2.75) is 51.6 Å². The summed E-state index contributed by atoms with van der Waals surface area (Å²) >= 11 is 0. The summed E-state index contributed by atoms with van der Waals surface area (Å²) in [4.78, 5) is 2.45. The highest BCUT2D eigenvalue weighted by Crippen LogP contribution is 2.27. The van der Waals surface area contributed by atoms with Crippen LogP contribution in [0.25, 0.3) is 0 Å². The predicted octanol–water partition coefficient (Wildman–Crippen LogP) is 3.70. The number of hydrogen-bond donors (Lipinski definition) is 1. The second-order valence-electron chi connectivity index (χ2n) is 6.45. The van der Waals surface area contributed by atoms with E-state index in [1.807, 2.05) is 6.07 Å². The number of halogens is 1. The number of nitrogens with one attached hydrogen (secondary N) is 1. The normalized spacial score (nSPS) is 23.7. The molecule has 20 heavy (non-hydrogen) atoms. The van der Waals surface area contributed by atoms with Crippen molar-refractivity contribution in [3.05, 3.63) is 29.6 Å². The smallest absolute Gasteiger partial charge is 0.123 e. The van der Waals surface area contributed by atoms with Crippen LogP contribution in [0.1, 0.15) is 44.6 Å². The van der Waals surface area contributed by atoms with Crippen molar-refractivity contribution >= 4 is 5.69 Å². The lowest BCUT2D eigenvalue weighted by Crippen LogP contribution is -2.27. The highest BCUT2D eigenvalue weighted by atomic mass is 19.1. The summed E-state index contributed by atoms with van der Waals surface area (Å²) in [5, 5.41) is 3.51. The molecule has 1 aliphatic heterocycles. The van der Waals surface area contributed by atoms with Gasteiger partial charge in [0.25, 0.3) is 0 Å². The van der Waals surface area contributed by atoms with Crippen LogP contribution in [-0.4, -0.2) is 19.1 Å². The molecule has 1 N–H and O–H groups in total. The quantitative estimate of drug-likeness (QED) is 0.902. The van der Waals surface area contributed by atoms with E-state index >= 15 is 0 Å². The Labute approximate surface area is 121 Å². The van der Waals surface area contributed by atoms with Crippen LogP contribution < -0.4 is 10.2 Å². The van der Waals surface area contributed by atoms with Crippen LogP contribution in [0.15, 0.2) is 18.2 Å². The van der Waals surface area contributed by atoms with E-state index in [1.165, 1.54) is 37.8 Å². The summed E-state index contributed by atoms with van der Waals surface area (Å²) in [7, 11) is 0. The second kappa shape index (κ2) is 6.13. The maximum atomic E-state index is 13.6. The van der Waals surface area contributed by atoms with Crippen molar-refractivity contribution < 1.29 is 4.39 Å². The molecule has 1 unspecified atom stereocenters. The molecule has 1 heterocycles. The predicted molar refractivity (Wildman–Crippen MR) is 81.5 cm³/mol. The van der Waals surface area contributed by atoms with Gasteiger partial charge in [0.1, 0.15) is 5.82 Å². The first-order valence-corrected chi connectivity index (χ1v) is 7.99. The zero-order valence-corrected chi connectivity index (χ0v) is 12.4. The molecule has 1 saturated heterocycles. The van der Waals surface area contributed by atoms with Gasteiger partial charge in [-0.15, -0.1) is 0 Å². The minimum absolute atomic E-state index is 0.121. The van der Waals surface area contributed by atoms with Crippen molar-refractivity contribution in [3.63, 3.8) is 0 Å². The maximum Gasteiger partial charge on any atom is 0.123 e. The lowest BCUT2D eigenvalue weighted by Gasteiger charge is -2.26. The monoisotopic (exact) mass is 276 g/mol. The van der Waals surface area contributed by atoms with Gasteiger partial charge < -0.3 is 10.2 Å². The molecule has 1 saturated carbocycles. The van der Waals surface area contributed by atoms with Crippen molar-refractivity contribution in [1.29, 1.82) is 0 Å². The first-order valence-electron chi connectivity index (χ1n) is 7.99. The van der Waals surface area contributed by atoms with Gasteiger partial charge in [0.2, 0.25) is 0 Å². The minimum Gasteiger partial charge on any atom is -0.371 e. The highest BCUT2D eigenvalue weighted by Gasteiger charge is 2.22. The number of rotatable bonds is 4. The molecular formula is C17H25FN2. The van der Waals surface area contributed by atoms with E-state index in [4.69, 9.17) is 0 Å². The topological polar surface area (TPSA) is 15.3 Å². The second-order valence-corrected chi connectivity index (χ2v) is 6.45. The highest BCUT2D eigenvalue weighted by molar-refractivity contribution is 5.54. The van der Waals surface area contributed by atoms with Crippen LogP contribution in [0.2, 0.25) is 0 Å². The van der Waals surface area contributed by atoms with E-state index in [0.29, 0.717) is 6.04 Å². The lowest BCUT2D eigenvalue weighted by atomic mass is 10.0. The van der Waals surface area contributed by atoms with Gasteiger partial charge in [-0.3, -0.25) is 0 Å². The Morgan fingerprint density at radius 2 is 2.05 bits per heavy atom. The number of anilines is 1. The summed E-state index contributed by atoms with van der Waals surface area (Å²) in [5.74, 6) is 0.693. The Balaban J connectivity index is 1.75. The Bertz CT molecular complexity index is 456. The van der Waals surface area contributed by atoms with Crippen LogP contribution in [0.5, 0.6) is 0 Å². The molecule has 1 atom stereocenters. The average Bonchev–Trinajstić information content (AvgIpc) is 3.25. The molecule has 2 nitrogen and oxygen atoms in total. The lowest BCUT2D eigenvalue weighted by molar-refractivity contribution is 0.521. The van der Waals surface area contributed by atoms with Gasteiger partial charge in [0.15, 0.2) is 0 Å². The molecule has 0 radical (unpaired) electrons. The molecule has 1 aromatic carbocycles. The number of benzene rings is 1.